The lowest BCUT2D eigenvalue weighted by Gasteiger charge is -2.31. The number of nitrogens with two attached hydrogens (primary N) is 1. The van der Waals surface area contributed by atoms with Crippen molar-refractivity contribution in [3.8, 4) is 0 Å². The Kier molecular flexibility index (Phi) is 5.03. The van der Waals surface area contributed by atoms with Gasteiger partial charge in [-0.25, -0.2) is 0 Å². The summed E-state index contributed by atoms with van der Waals surface area (Å²) < 4.78 is 0. The Morgan fingerprint density at radius 2 is 2.00 bits per heavy atom. The summed E-state index contributed by atoms with van der Waals surface area (Å²) in [6.07, 6.45) is 1.28. The van der Waals surface area contributed by atoms with Crippen LogP contribution in [0.5, 0.6) is 0 Å². The highest BCUT2D eigenvalue weighted by molar-refractivity contribution is 4.78. The molecule has 1 aliphatic heterocycles. The summed E-state index contributed by atoms with van der Waals surface area (Å²) in [5, 5.41) is 0. The fraction of sp³-hybridized carbons (Fsp3) is 1.00. The van der Waals surface area contributed by atoms with Crippen LogP contribution in [0.2, 0.25) is 0 Å². The molecule has 0 aromatic rings. The third kappa shape index (κ3) is 4.09. The Labute approximate surface area is 94.6 Å². The first-order valence-electron chi connectivity index (χ1n) is 6.19. The van der Waals surface area contributed by atoms with Crippen molar-refractivity contribution in [2.45, 2.75) is 39.3 Å². The molecule has 3 heteroatoms. The highest BCUT2D eigenvalue weighted by Crippen LogP contribution is 2.12. The van der Waals surface area contributed by atoms with Crippen LogP contribution in [-0.2, 0) is 0 Å². The maximum Gasteiger partial charge on any atom is 0.0194 e. The first kappa shape index (κ1) is 12.9. The van der Waals surface area contributed by atoms with E-state index >= 15 is 0 Å². The van der Waals surface area contributed by atoms with Gasteiger partial charge in [0.05, 0.1) is 0 Å². The van der Waals surface area contributed by atoms with Crippen LogP contribution in [0.4, 0.5) is 0 Å². The molecular formula is C12H27N3. The molecular weight excluding hydrogens is 186 g/mol. The second-order valence-corrected chi connectivity index (χ2v) is 5.30. The van der Waals surface area contributed by atoms with Crippen LogP contribution in [0, 0.1) is 5.92 Å². The van der Waals surface area contributed by atoms with Crippen LogP contribution >= 0.6 is 0 Å². The number of rotatable bonds is 3. The molecule has 0 radical (unpaired) electrons. The quantitative estimate of drug-likeness (QED) is 0.759. The topological polar surface area (TPSA) is 32.5 Å². The van der Waals surface area contributed by atoms with Gasteiger partial charge in [-0.15, -0.1) is 0 Å². The van der Waals surface area contributed by atoms with Gasteiger partial charge in [-0.05, 0) is 46.3 Å². The van der Waals surface area contributed by atoms with E-state index in [4.69, 9.17) is 5.73 Å². The Balaban J connectivity index is 2.45. The molecule has 90 valence electrons. The van der Waals surface area contributed by atoms with E-state index in [9.17, 15) is 0 Å². The lowest BCUT2D eigenvalue weighted by Crippen LogP contribution is -2.43. The Morgan fingerprint density at radius 3 is 2.60 bits per heavy atom. The van der Waals surface area contributed by atoms with E-state index in [1.165, 1.54) is 26.1 Å². The van der Waals surface area contributed by atoms with Crippen molar-refractivity contribution in [2.24, 2.45) is 11.7 Å². The molecule has 0 spiro atoms. The van der Waals surface area contributed by atoms with Gasteiger partial charge in [-0.3, -0.25) is 4.90 Å². The standard InChI is InChI=1S/C12H27N3/c1-10(12(3)13)8-15-7-5-6-14(4)9-11(15)2/h10-12H,5-9,13H2,1-4H3. The zero-order chi connectivity index (χ0) is 11.4. The third-order valence-electron chi connectivity index (χ3n) is 3.60. The van der Waals surface area contributed by atoms with Crippen molar-refractivity contribution >= 4 is 0 Å². The second kappa shape index (κ2) is 5.83. The summed E-state index contributed by atoms with van der Waals surface area (Å²) in [6, 6.07) is 0.969. The zero-order valence-electron chi connectivity index (χ0n) is 10.7. The van der Waals surface area contributed by atoms with Crippen molar-refractivity contribution in [2.75, 3.05) is 33.2 Å². The highest BCUT2D eigenvalue weighted by atomic mass is 15.2. The monoisotopic (exact) mass is 213 g/mol. The molecule has 1 rings (SSSR count). The molecule has 2 N–H and O–H groups in total. The minimum Gasteiger partial charge on any atom is -0.328 e. The Bertz CT molecular complexity index is 182. The van der Waals surface area contributed by atoms with Crippen molar-refractivity contribution in [1.29, 1.82) is 0 Å². The van der Waals surface area contributed by atoms with E-state index < -0.39 is 0 Å². The van der Waals surface area contributed by atoms with Gasteiger partial charge >= 0.3 is 0 Å². The maximum absolute atomic E-state index is 5.93. The molecule has 0 aromatic carbocycles. The second-order valence-electron chi connectivity index (χ2n) is 5.30. The molecule has 0 bridgehead atoms. The number of likely N-dealkylation sites (N-methyl/N-ethyl adjacent to an activating group) is 1. The first-order chi connectivity index (χ1) is 7.00. The molecule has 0 aliphatic carbocycles. The predicted molar refractivity (Wildman–Crippen MR) is 66.0 cm³/mol. The molecule has 3 unspecified atom stereocenters. The summed E-state index contributed by atoms with van der Waals surface area (Å²) in [5.74, 6) is 0.593. The highest BCUT2D eigenvalue weighted by Gasteiger charge is 2.21. The van der Waals surface area contributed by atoms with E-state index in [1.54, 1.807) is 0 Å². The number of hydrogen-bond acceptors (Lipinski definition) is 3. The molecule has 0 saturated carbocycles. The van der Waals surface area contributed by atoms with Crippen molar-refractivity contribution in [3.63, 3.8) is 0 Å². The van der Waals surface area contributed by atoms with E-state index in [0.29, 0.717) is 18.0 Å². The molecule has 0 amide bonds. The van der Waals surface area contributed by atoms with Gasteiger partial charge < -0.3 is 10.6 Å². The minimum atomic E-state index is 0.304. The zero-order valence-corrected chi connectivity index (χ0v) is 10.7. The molecule has 0 aromatic heterocycles. The molecule has 3 nitrogen and oxygen atoms in total. The lowest BCUT2D eigenvalue weighted by molar-refractivity contribution is 0.171. The van der Waals surface area contributed by atoms with Crippen LogP contribution in [0.15, 0.2) is 0 Å². The van der Waals surface area contributed by atoms with E-state index in [1.807, 2.05) is 0 Å². The van der Waals surface area contributed by atoms with Crippen LogP contribution in [0.1, 0.15) is 27.2 Å². The number of nitrogens with zero attached hydrogens (tertiary/aromatic N) is 2. The SMILES string of the molecule is CC(N)C(C)CN1CCCN(C)CC1C. The molecule has 15 heavy (non-hydrogen) atoms. The Morgan fingerprint density at radius 1 is 1.33 bits per heavy atom. The molecule has 1 aliphatic rings. The smallest absolute Gasteiger partial charge is 0.0194 e. The summed E-state index contributed by atoms with van der Waals surface area (Å²) in [6.45, 7) is 11.5. The molecule has 1 fully saturated rings. The van der Waals surface area contributed by atoms with Gasteiger partial charge in [-0.2, -0.15) is 0 Å². The fourth-order valence-electron chi connectivity index (χ4n) is 2.23. The number of hydrogen-bond donors (Lipinski definition) is 1. The molecule has 1 saturated heterocycles. The third-order valence-corrected chi connectivity index (χ3v) is 3.60. The van der Waals surface area contributed by atoms with Gasteiger partial charge in [0.15, 0.2) is 0 Å². The fourth-order valence-corrected chi connectivity index (χ4v) is 2.23. The minimum absolute atomic E-state index is 0.304. The molecule has 1 heterocycles. The molecule has 3 atom stereocenters. The first-order valence-corrected chi connectivity index (χ1v) is 6.19. The van der Waals surface area contributed by atoms with Gasteiger partial charge in [0.2, 0.25) is 0 Å². The predicted octanol–water partition coefficient (Wildman–Crippen LogP) is 0.996. The summed E-state index contributed by atoms with van der Waals surface area (Å²) in [7, 11) is 2.22. The van der Waals surface area contributed by atoms with E-state index in [2.05, 4.69) is 37.6 Å². The average Bonchev–Trinajstić information content (AvgIpc) is 2.28. The lowest BCUT2D eigenvalue weighted by atomic mass is 10.0. The van der Waals surface area contributed by atoms with Crippen molar-refractivity contribution in [3.05, 3.63) is 0 Å². The van der Waals surface area contributed by atoms with Crippen LogP contribution in [0.3, 0.4) is 0 Å². The van der Waals surface area contributed by atoms with Gasteiger partial charge in [0, 0.05) is 25.2 Å². The van der Waals surface area contributed by atoms with Crippen LogP contribution < -0.4 is 5.73 Å². The normalized spacial score (nSPS) is 29.8. The summed E-state index contributed by atoms with van der Waals surface area (Å²) in [4.78, 5) is 5.03. The van der Waals surface area contributed by atoms with Gasteiger partial charge in [0.1, 0.15) is 0 Å². The maximum atomic E-state index is 5.93. The van der Waals surface area contributed by atoms with Crippen molar-refractivity contribution < 1.29 is 0 Å². The van der Waals surface area contributed by atoms with E-state index in [0.717, 1.165) is 6.54 Å². The van der Waals surface area contributed by atoms with Crippen molar-refractivity contribution in [1.82, 2.24) is 9.80 Å². The Hall–Kier alpha value is -0.120. The summed E-state index contributed by atoms with van der Waals surface area (Å²) >= 11 is 0. The van der Waals surface area contributed by atoms with Gasteiger partial charge in [-0.1, -0.05) is 6.92 Å². The average molecular weight is 213 g/mol. The van der Waals surface area contributed by atoms with E-state index in [-0.39, 0.29) is 0 Å². The largest absolute Gasteiger partial charge is 0.328 e. The van der Waals surface area contributed by atoms with Gasteiger partial charge in [0.25, 0.3) is 0 Å². The summed E-state index contributed by atoms with van der Waals surface area (Å²) in [5.41, 5.74) is 5.93. The van der Waals surface area contributed by atoms with Crippen LogP contribution in [-0.4, -0.2) is 55.1 Å². The van der Waals surface area contributed by atoms with Crippen LogP contribution in [0.25, 0.3) is 0 Å².